The minimum absolute atomic E-state index is 0.000134. The van der Waals surface area contributed by atoms with Crippen LogP contribution in [0.3, 0.4) is 0 Å². The number of nitrogens with zero attached hydrogens (tertiary/aromatic N) is 3. The molecule has 0 fully saturated rings. The highest BCUT2D eigenvalue weighted by Crippen LogP contribution is 2.30. The number of para-hydroxylation sites is 1. The number of carboxylic acids is 1. The molecule has 1 aromatic carbocycles. The van der Waals surface area contributed by atoms with Gasteiger partial charge < -0.3 is 10.0 Å². The van der Waals surface area contributed by atoms with Crippen LogP contribution in [-0.2, 0) is 16.6 Å². The zero-order chi connectivity index (χ0) is 15.0. The van der Waals surface area contributed by atoms with Gasteiger partial charge in [0.1, 0.15) is 11.2 Å². The van der Waals surface area contributed by atoms with E-state index < -0.39 is 16.0 Å². The molecule has 9 heteroatoms. The molecule has 108 valence electrons. The SMILES string of the molecule is O=C(O)c1nc(CN2C=NS(=O)(=O)c3ccccc32)cs1. The molecule has 21 heavy (non-hydrogen) atoms. The van der Waals surface area contributed by atoms with Gasteiger partial charge in [-0.1, -0.05) is 12.1 Å². The summed E-state index contributed by atoms with van der Waals surface area (Å²) in [6, 6.07) is 6.51. The van der Waals surface area contributed by atoms with Crippen molar-refractivity contribution in [1.29, 1.82) is 0 Å². The maximum absolute atomic E-state index is 11.8. The predicted octanol–water partition coefficient (Wildman–Crippen LogP) is 1.58. The van der Waals surface area contributed by atoms with Crippen LogP contribution in [0.4, 0.5) is 5.69 Å². The Balaban J connectivity index is 1.95. The Bertz CT molecular complexity index is 842. The van der Waals surface area contributed by atoms with E-state index in [4.69, 9.17) is 5.11 Å². The van der Waals surface area contributed by atoms with Gasteiger partial charge in [-0.05, 0) is 12.1 Å². The van der Waals surface area contributed by atoms with Gasteiger partial charge in [0.25, 0.3) is 10.0 Å². The van der Waals surface area contributed by atoms with E-state index in [1.165, 1.54) is 12.4 Å². The molecule has 0 amide bonds. The lowest BCUT2D eigenvalue weighted by Crippen LogP contribution is -2.26. The first-order chi connectivity index (χ1) is 9.97. The van der Waals surface area contributed by atoms with Crippen LogP contribution in [0.5, 0.6) is 0 Å². The van der Waals surface area contributed by atoms with Gasteiger partial charge >= 0.3 is 5.97 Å². The minimum Gasteiger partial charge on any atom is -0.476 e. The quantitative estimate of drug-likeness (QED) is 0.920. The third-order valence-corrected chi connectivity index (χ3v) is 5.00. The van der Waals surface area contributed by atoms with E-state index in [1.54, 1.807) is 28.5 Å². The Labute approximate surface area is 124 Å². The molecule has 1 N–H and O–H groups in total. The van der Waals surface area contributed by atoms with Gasteiger partial charge in [0.2, 0.25) is 5.01 Å². The smallest absolute Gasteiger partial charge is 0.365 e. The maximum Gasteiger partial charge on any atom is 0.365 e. The summed E-state index contributed by atoms with van der Waals surface area (Å²) in [6.07, 6.45) is 1.22. The van der Waals surface area contributed by atoms with E-state index in [9.17, 15) is 13.2 Å². The van der Waals surface area contributed by atoms with Crippen LogP contribution in [0.2, 0.25) is 0 Å². The van der Waals surface area contributed by atoms with Crippen molar-refractivity contribution >= 4 is 39.4 Å². The van der Waals surface area contributed by atoms with Gasteiger partial charge in [0.05, 0.1) is 17.9 Å². The van der Waals surface area contributed by atoms with Crippen molar-refractivity contribution in [3.8, 4) is 0 Å². The number of hydrogen-bond acceptors (Lipinski definition) is 6. The molecule has 0 unspecified atom stereocenters. The summed E-state index contributed by atoms with van der Waals surface area (Å²) in [6.45, 7) is 0.250. The lowest BCUT2D eigenvalue weighted by molar-refractivity contribution is 0.0696. The molecule has 1 aliphatic rings. The highest BCUT2D eigenvalue weighted by atomic mass is 32.2. The highest BCUT2D eigenvalue weighted by molar-refractivity contribution is 7.90. The lowest BCUT2D eigenvalue weighted by Gasteiger charge is -2.24. The molecule has 0 aliphatic carbocycles. The Kier molecular flexibility index (Phi) is 3.22. The van der Waals surface area contributed by atoms with Gasteiger partial charge in [-0.15, -0.1) is 15.7 Å². The van der Waals surface area contributed by atoms with Crippen molar-refractivity contribution in [1.82, 2.24) is 4.98 Å². The molecule has 0 saturated heterocycles. The number of aromatic nitrogens is 1. The normalized spacial score (nSPS) is 15.7. The van der Waals surface area contributed by atoms with Crippen molar-refractivity contribution < 1.29 is 18.3 Å². The average molecular weight is 323 g/mol. The summed E-state index contributed by atoms with van der Waals surface area (Å²) >= 11 is 1.03. The van der Waals surface area contributed by atoms with Gasteiger partial charge in [0, 0.05) is 5.38 Å². The summed E-state index contributed by atoms with van der Waals surface area (Å²) in [7, 11) is -3.66. The number of benzene rings is 1. The second-order valence-corrected chi connectivity index (χ2v) is 6.70. The molecule has 1 aliphatic heterocycles. The van der Waals surface area contributed by atoms with E-state index in [0.29, 0.717) is 11.4 Å². The average Bonchev–Trinajstić information content (AvgIpc) is 2.91. The van der Waals surface area contributed by atoms with Crippen molar-refractivity contribution in [2.45, 2.75) is 11.4 Å². The second kappa shape index (κ2) is 4.93. The van der Waals surface area contributed by atoms with Crippen LogP contribution in [-0.4, -0.2) is 30.8 Å². The van der Waals surface area contributed by atoms with Gasteiger partial charge in [-0.3, -0.25) is 0 Å². The standard InChI is InChI=1S/C12H9N3O4S2/c16-12(17)11-14-8(6-20-11)5-15-7-13-21(18,19)10-4-2-1-3-9(10)15/h1-4,6-7H,5H2,(H,16,17). The van der Waals surface area contributed by atoms with E-state index in [-0.39, 0.29) is 16.4 Å². The van der Waals surface area contributed by atoms with Gasteiger partial charge in [-0.25, -0.2) is 9.78 Å². The fourth-order valence-corrected chi connectivity index (χ4v) is 3.63. The van der Waals surface area contributed by atoms with Crippen LogP contribution in [0.25, 0.3) is 0 Å². The third kappa shape index (κ3) is 2.52. The predicted molar refractivity (Wildman–Crippen MR) is 77.4 cm³/mol. The first-order valence-corrected chi connectivity index (χ1v) is 8.13. The summed E-state index contributed by atoms with van der Waals surface area (Å²) in [5.41, 5.74) is 1.04. The number of anilines is 1. The van der Waals surface area contributed by atoms with E-state index >= 15 is 0 Å². The first kappa shape index (κ1) is 13.7. The van der Waals surface area contributed by atoms with Gasteiger partial charge in [-0.2, -0.15) is 8.42 Å². The molecular weight excluding hydrogens is 314 g/mol. The number of carbonyl (C=O) groups is 1. The summed E-state index contributed by atoms with van der Waals surface area (Å²) < 4.78 is 27.3. The number of hydrogen-bond donors (Lipinski definition) is 1. The number of fused-ring (bicyclic) bond motifs is 1. The Morgan fingerprint density at radius 2 is 2.10 bits per heavy atom. The zero-order valence-corrected chi connectivity index (χ0v) is 12.1. The number of aromatic carboxylic acids is 1. The molecule has 0 radical (unpaired) electrons. The molecule has 1 aromatic heterocycles. The molecule has 0 bridgehead atoms. The molecule has 0 spiro atoms. The van der Waals surface area contributed by atoms with Crippen molar-refractivity contribution in [3.05, 3.63) is 40.3 Å². The maximum atomic E-state index is 11.8. The van der Waals surface area contributed by atoms with Crippen LogP contribution >= 0.6 is 11.3 Å². The summed E-state index contributed by atoms with van der Waals surface area (Å²) in [5, 5.41) is 10.5. The molecule has 2 heterocycles. The largest absolute Gasteiger partial charge is 0.476 e. The molecule has 0 saturated carbocycles. The fourth-order valence-electron chi connectivity index (χ4n) is 1.93. The minimum atomic E-state index is -3.66. The van der Waals surface area contributed by atoms with Crippen LogP contribution in [0.1, 0.15) is 15.5 Å². The first-order valence-electron chi connectivity index (χ1n) is 5.81. The van der Waals surface area contributed by atoms with Crippen LogP contribution in [0, 0.1) is 0 Å². The Morgan fingerprint density at radius 1 is 1.33 bits per heavy atom. The van der Waals surface area contributed by atoms with Gasteiger partial charge in [0.15, 0.2) is 0 Å². The van der Waals surface area contributed by atoms with Crippen LogP contribution in [0.15, 0.2) is 38.9 Å². The monoisotopic (exact) mass is 323 g/mol. The zero-order valence-electron chi connectivity index (χ0n) is 10.5. The van der Waals surface area contributed by atoms with Crippen molar-refractivity contribution in [3.63, 3.8) is 0 Å². The van der Waals surface area contributed by atoms with Crippen molar-refractivity contribution in [2.75, 3.05) is 4.90 Å². The molecule has 2 aromatic rings. The van der Waals surface area contributed by atoms with E-state index in [1.807, 2.05) is 0 Å². The van der Waals surface area contributed by atoms with E-state index in [2.05, 4.69) is 9.38 Å². The number of thiazole rings is 1. The lowest BCUT2D eigenvalue weighted by atomic mass is 10.3. The third-order valence-electron chi connectivity index (χ3n) is 2.84. The van der Waals surface area contributed by atoms with E-state index in [0.717, 1.165) is 11.3 Å². The second-order valence-electron chi connectivity index (χ2n) is 4.24. The molecule has 3 rings (SSSR count). The van der Waals surface area contributed by atoms with Crippen LogP contribution < -0.4 is 4.90 Å². The number of sulfonamides is 1. The molecule has 0 atom stereocenters. The summed E-state index contributed by atoms with van der Waals surface area (Å²) in [4.78, 5) is 16.5. The Morgan fingerprint density at radius 3 is 2.81 bits per heavy atom. The summed E-state index contributed by atoms with van der Waals surface area (Å²) in [5.74, 6) is -1.08. The highest BCUT2D eigenvalue weighted by Gasteiger charge is 2.25. The Hall–Kier alpha value is -2.26. The fraction of sp³-hybridized carbons (Fsp3) is 0.0833. The topological polar surface area (TPSA) is 99.9 Å². The number of rotatable bonds is 3. The molecule has 7 nitrogen and oxygen atoms in total. The van der Waals surface area contributed by atoms with Crippen molar-refractivity contribution in [2.24, 2.45) is 4.40 Å². The number of carboxylic acid groups (broad SMARTS) is 1. The molecular formula is C12H9N3O4S2.